The van der Waals surface area contributed by atoms with Gasteiger partial charge in [-0.1, -0.05) is 32.1 Å². The highest BCUT2D eigenvalue weighted by atomic mass is 127. The molecule has 1 N–H and O–H groups in total. The molecule has 4 atom stereocenters. The molecule has 8 nitrogen and oxygen atoms in total. The van der Waals surface area contributed by atoms with Gasteiger partial charge in [-0.15, -0.1) is 5.10 Å². The van der Waals surface area contributed by atoms with Gasteiger partial charge in [0.1, 0.15) is 9.30 Å². The maximum atomic E-state index is 12.7. The summed E-state index contributed by atoms with van der Waals surface area (Å²) in [5.74, 6) is 0.765. The number of amides is 1. The van der Waals surface area contributed by atoms with Crippen molar-refractivity contribution in [3.8, 4) is 0 Å². The molecule has 1 saturated carbocycles. The van der Waals surface area contributed by atoms with E-state index in [0.717, 1.165) is 39.7 Å². The van der Waals surface area contributed by atoms with Crippen molar-refractivity contribution >= 4 is 58.4 Å². The van der Waals surface area contributed by atoms with Crippen LogP contribution in [0.4, 0.5) is 9.93 Å². The summed E-state index contributed by atoms with van der Waals surface area (Å²) < 4.78 is 15.4. The van der Waals surface area contributed by atoms with Gasteiger partial charge in [0.05, 0.1) is 6.20 Å². The van der Waals surface area contributed by atoms with Gasteiger partial charge in [0.25, 0.3) is 0 Å². The van der Waals surface area contributed by atoms with E-state index in [0.29, 0.717) is 11.8 Å². The SMILES string of the molecule is CC(C)(C)OC(=O)N[C@@H]1C[C@H](O[Si](C)(C)C(C)(C)C)C[C@@H]2CN(c3nn4c(I)cnc4s3)C[C@@H]21. The summed E-state index contributed by atoms with van der Waals surface area (Å²) >= 11 is 3.89. The highest BCUT2D eigenvalue weighted by Crippen LogP contribution is 2.44. The van der Waals surface area contributed by atoms with Gasteiger partial charge in [0, 0.05) is 31.2 Å². The van der Waals surface area contributed by atoms with Gasteiger partial charge in [-0.3, -0.25) is 0 Å². The first kappa shape index (κ1) is 26.1. The average Bonchev–Trinajstić information content (AvgIpc) is 3.34. The number of halogens is 1. The Morgan fingerprint density at radius 2 is 1.91 bits per heavy atom. The molecule has 1 amide bonds. The number of nitrogens with zero attached hydrogens (tertiary/aromatic N) is 4. The lowest BCUT2D eigenvalue weighted by Crippen LogP contribution is -2.53. The molecule has 0 unspecified atom stereocenters. The number of carbonyl (C=O) groups excluding carboxylic acids is 1. The molecule has 2 fully saturated rings. The second-order valence-electron chi connectivity index (χ2n) is 12.2. The van der Waals surface area contributed by atoms with Crippen molar-refractivity contribution in [2.24, 2.45) is 11.8 Å². The summed E-state index contributed by atoms with van der Waals surface area (Å²) in [6.07, 6.45) is 3.47. The molecule has 1 saturated heterocycles. The number of rotatable bonds is 4. The van der Waals surface area contributed by atoms with Crippen molar-refractivity contribution in [2.45, 2.75) is 90.3 Å². The van der Waals surface area contributed by atoms with Gasteiger partial charge in [0.15, 0.2) is 8.32 Å². The maximum absolute atomic E-state index is 12.7. The van der Waals surface area contributed by atoms with Gasteiger partial charge in [-0.25, -0.2) is 9.78 Å². The summed E-state index contributed by atoms with van der Waals surface area (Å²) in [5, 5.41) is 9.17. The fourth-order valence-corrected chi connectivity index (χ4v) is 7.66. The number of anilines is 1. The lowest BCUT2D eigenvalue weighted by molar-refractivity contribution is 0.0350. The summed E-state index contributed by atoms with van der Waals surface area (Å²) in [4.78, 5) is 20.5. The lowest BCUT2D eigenvalue weighted by atomic mass is 9.76. The smallest absolute Gasteiger partial charge is 0.407 e. The number of carbonyl (C=O) groups is 1. The number of ether oxygens (including phenoxy) is 1. The molecule has 11 heteroatoms. The fourth-order valence-electron chi connectivity index (χ4n) is 4.75. The molecular formula is C23H38IN5O3SSi. The predicted molar refractivity (Wildman–Crippen MR) is 147 cm³/mol. The fraction of sp³-hybridized carbons (Fsp3) is 0.783. The van der Waals surface area contributed by atoms with Crippen molar-refractivity contribution in [2.75, 3.05) is 18.0 Å². The first-order valence-electron chi connectivity index (χ1n) is 12.1. The average molecular weight is 620 g/mol. The number of nitrogens with one attached hydrogen (secondary N) is 1. The zero-order valence-corrected chi connectivity index (χ0v) is 25.5. The third kappa shape index (κ3) is 5.56. The van der Waals surface area contributed by atoms with Crippen LogP contribution in [0.1, 0.15) is 54.4 Å². The second kappa shape index (κ2) is 9.18. The molecule has 0 aromatic carbocycles. The third-order valence-corrected chi connectivity index (χ3v) is 13.6. The summed E-state index contributed by atoms with van der Waals surface area (Å²) in [6, 6.07) is 0.0116. The van der Waals surface area contributed by atoms with E-state index in [1.54, 1.807) is 11.3 Å². The van der Waals surface area contributed by atoms with Crippen LogP contribution >= 0.6 is 33.9 Å². The Labute approximate surface area is 221 Å². The van der Waals surface area contributed by atoms with Crippen molar-refractivity contribution in [3.63, 3.8) is 0 Å². The van der Waals surface area contributed by atoms with Gasteiger partial charge in [0.2, 0.25) is 10.1 Å². The minimum Gasteiger partial charge on any atom is -0.444 e. The van der Waals surface area contributed by atoms with Crippen LogP contribution in [-0.2, 0) is 9.16 Å². The predicted octanol–water partition coefficient (Wildman–Crippen LogP) is 5.53. The van der Waals surface area contributed by atoms with Gasteiger partial charge in [-0.05, 0) is 80.3 Å². The van der Waals surface area contributed by atoms with Crippen molar-refractivity contribution in [1.29, 1.82) is 0 Å². The van der Waals surface area contributed by atoms with Crippen LogP contribution in [0.15, 0.2) is 6.20 Å². The molecule has 2 aliphatic rings. The van der Waals surface area contributed by atoms with Crippen LogP contribution in [0.2, 0.25) is 18.1 Å². The normalized spacial score (nSPS) is 26.1. The standard InChI is InChI=1S/C23H38IN5O3SSi/c1-22(2,3)31-21(30)26-17-10-15(32-34(7,8)23(4,5)6)9-14-12-28(13-16(14)17)20-27-29-18(24)11-25-19(29)33-20/h11,14-17H,9-10,12-13H2,1-8H3,(H,26,30)/t14-,15-,16+,17-/m1/s1. The Balaban J connectivity index is 1.54. The van der Waals surface area contributed by atoms with Crippen molar-refractivity contribution in [3.05, 3.63) is 9.90 Å². The second-order valence-corrected chi connectivity index (χ2v) is 19.0. The Kier molecular flexibility index (Phi) is 7.06. The van der Waals surface area contributed by atoms with E-state index >= 15 is 0 Å². The highest BCUT2D eigenvalue weighted by molar-refractivity contribution is 14.1. The third-order valence-electron chi connectivity index (χ3n) is 7.36. The molecule has 2 aromatic heterocycles. The maximum Gasteiger partial charge on any atom is 0.407 e. The number of imidazole rings is 1. The number of aromatic nitrogens is 3. The van der Waals surface area contributed by atoms with Gasteiger partial charge < -0.3 is 19.4 Å². The van der Waals surface area contributed by atoms with Crippen LogP contribution in [0.5, 0.6) is 0 Å². The Hall–Kier alpha value is -0.923. The molecule has 0 radical (unpaired) electrons. The summed E-state index contributed by atoms with van der Waals surface area (Å²) in [5.41, 5.74) is -0.524. The van der Waals surface area contributed by atoms with E-state index < -0.39 is 13.9 Å². The molecule has 3 heterocycles. The zero-order valence-electron chi connectivity index (χ0n) is 21.5. The van der Waals surface area contributed by atoms with E-state index in [1.807, 2.05) is 31.5 Å². The Bertz CT molecular complexity index is 1040. The summed E-state index contributed by atoms with van der Waals surface area (Å²) in [6.45, 7) is 18.9. The van der Waals surface area contributed by atoms with Crippen LogP contribution in [0.25, 0.3) is 4.96 Å². The van der Waals surface area contributed by atoms with E-state index in [2.05, 4.69) is 71.7 Å². The molecule has 34 heavy (non-hydrogen) atoms. The minimum atomic E-state index is -1.92. The molecule has 4 rings (SSSR count). The first-order chi connectivity index (χ1) is 15.6. The monoisotopic (exact) mass is 619 g/mol. The van der Waals surface area contributed by atoms with E-state index in [9.17, 15) is 4.79 Å². The number of alkyl carbamates (subject to hydrolysis) is 1. The van der Waals surface area contributed by atoms with Crippen LogP contribution < -0.4 is 10.2 Å². The van der Waals surface area contributed by atoms with E-state index in [-0.39, 0.29) is 23.3 Å². The molecule has 0 bridgehead atoms. The molecule has 1 aliphatic heterocycles. The summed E-state index contributed by atoms with van der Waals surface area (Å²) in [7, 11) is -1.92. The van der Waals surface area contributed by atoms with Crippen LogP contribution in [-0.4, -0.2) is 59.8 Å². The Morgan fingerprint density at radius 3 is 2.53 bits per heavy atom. The lowest BCUT2D eigenvalue weighted by Gasteiger charge is -2.44. The van der Waals surface area contributed by atoms with Crippen LogP contribution in [0, 0.1) is 15.5 Å². The highest BCUT2D eigenvalue weighted by Gasteiger charge is 2.48. The molecule has 190 valence electrons. The number of hydrogen-bond donors (Lipinski definition) is 1. The van der Waals surface area contributed by atoms with Crippen molar-refractivity contribution < 1.29 is 14.0 Å². The number of hydrogen-bond acceptors (Lipinski definition) is 7. The molecular weight excluding hydrogens is 581 g/mol. The largest absolute Gasteiger partial charge is 0.444 e. The quantitative estimate of drug-likeness (QED) is 0.359. The van der Waals surface area contributed by atoms with Crippen molar-refractivity contribution in [1.82, 2.24) is 19.9 Å². The number of fused-ring (bicyclic) bond motifs is 2. The van der Waals surface area contributed by atoms with Gasteiger partial charge in [-0.2, -0.15) is 4.52 Å². The van der Waals surface area contributed by atoms with Crippen LogP contribution in [0.3, 0.4) is 0 Å². The first-order valence-corrected chi connectivity index (χ1v) is 16.9. The molecule has 1 aliphatic carbocycles. The molecule has 2 aromatic rings. The van der Waals surface area contributed by atoms with E-state index in [4.69, 9.17) is 14.3 Å². The molecule has 0 spiro atoms. The zero-order chi connectivity index (χ0) is 25.1. The topological polar surface area (TPSA) is 81.0 Å². The Morgan fingerprint density at radius 1 is 1.21 bits per heavy atom. The van der Waals surface area contributed by atoms with Gasteiger partial charge >= 0.3 is 6.09 Å². The minimum absolute atomic E-state index is 0.0116. The van der Waals surface area contributed by atoms with E-state index in [1.165, 1.54) is 0 Å².